The molecule has 6 nitrogen and oxygen atoms in total. The average molecular weight is 308 g/mol. The van der Waals surface area contributed by atoms with Crippen molar-refractivity contribution >= 4 is 5.91 Å². The second-order valence-corrected chi connectivity index (χ2v) is 7.61. The molecule has 1 aliphatic rings. The highest BCUT2D eigenvalue weighted by Crippen LogP contribution is 2.77. The second kappa shape index (κ2) is 5.33. The Labute approximate surface area is 132 Å². The first-order valence-corrected chi connectivity index (χ1v) is 7.77. The van der Waals surface area contributed by atoms with Crippen molar-refractivity contribution in [3.8, 4) is 0 Å². The minimum Gasteiger partial charge on any atom is -0.378 e. The summed E-state index contributed by atoms with van der Waals surface area (Å²) in [5.41, 5.74) is 0.459. The van der Waals surface area contributed by atoms with Crippen molar-refractivity contribution in [1.29, 1.82) is 0 Å². The van der Waals surface area contributed by atoms with E-state index in [-0.39, 0.29) is 28.2 Å². The number of ether oxygens (including phenoxy) is 1. The van der Waals surface area contributed by atoms with Gasteiger partial charge in [-0.15, -0.1) is 5.10 Å². The molecule has 0 spiro atoms. The van der Waals surface area contributed by atoms with Gasteiger partial charge in [0.15, 0.2) is 0 Å². The predicted molar refractivity (Wildman–Crippen MR) is 84.0 cm³/mol. The number of amides is 1. The maximum Gasteiger partial charge on any atom is 0.227 e. The van der Waals surface area contributed by atoms with Crippen LogP contribution in [0.15, 0.2) is 6.20 Å². The summed E-state index contributed by atoms with van der Waals surface area (Å²) in [5.74, 6) is 0.118. The van der Waals surface area contributed by atoms with Gasteiger partial charge in [0.05, 0.1) is 24.8 Å². The van der Waals surface area contributed by atoms with E-state index in [2.05, 4.69) is 50.2 Å². The summed E-state index contributed by atoms with van der Waals surface area (Å²) in [6, 6.07) is -0.00591. The van der Waals surface area contributed by atoms with Gasteiger partial charge in [-0.05, 0) is 24.7 Å². The van der Waals surface area contributed by atoms with Crippen LogP contribution in [0.3, 0.4) is 0 Å². The molecule has 0 aromatic carbocycles. The topological polar surface area (TPSA) is 69.0 Å². The molecule has 0 bridgehead atoms. The van der Waals surface area contributed by atoms with Gasteiger partial charge < -0.3 is 10.1 Å². The van der Waals surface area contributed by atoms with Crippen LogP contribution in [0.25, 0.3) is 0 Å². The van der Waals surface area contributed by atoms with Crippen LogP contribution in [0.4, 0.5) is 0 Å². The molecular formula is C16H28N4O2. The third kappa shape index (κ3) is 2.33. The van der Waals surface area contributed by atoms with Gasteiger partial charge in [-0.25, -0.2) is 0 Å². The molecular weight excluding hydrogens is 280 g/mol. The average Bonchev–Trinajstić information content (AvgIpc) is 2.75. The number of nitrogens with zero attached hydrogens (tertiary/aromatic N) is 3. The third-order valence-corrected chi connectivity index (χ3v) is 6.17. The number of carbonyl (C=O) groups is 1. The molecule has 1 fully saturated rings. The van der Waals surface area contributed by atoms with Gasteiger partial charge in [0.2, 0.25) is 5.91 Å². The largest absolute Gasteiger partial charge is 0.378 e. The number of aromatic nitrogens is 3. The Morgan fingerprint density at radius 2 is 1.91 bits per heavy atom. The number of carbonyl (C=O) groups excluding carboxylic acids is 1. The SMILES string of the molecule is COCc1cn(C[C@H](C)NC(=O)C2(C)C(C)(C)C2(C)C)nn1. The van der Waals surface area contributed by atoms with Gasteiger partial charge in [0.1, 0.15) is 5.69 Å². The zero-order valence-corrected chi connectivity index (χ0v) is 14.7. The monoisotopic (exact) mass is 308 g/mol. The van der Waals surface area contributed by atoms with E-state index >= 15 is 0 Å². The van der Waals surface area contributed by atoms with Gasteiger partial charge >= 0.3 is 0 Å². The van der Waals surface area contributed by atoms with Crippen molar-refractivity contribution in [2.75, 3.05) is 7.11 Å². The minimum absolute atomic E-state index is 0.00267. The first kappa shape index (κ1) is 16.9. The Kier molecular flexibility index (Phi) is 4.11. The Morgan fingerprint density at radius 1 is 1.32 bits per heavy atom. The number of methoxy groups -OCH3 is 1. The lowest BCUT2D eigenvalue weighted by Crippen LogP contribution is -2.41. The van der Waals surface area contributed by atoms with E-state index in [1.807, 2.05) is 13.1 Å². The Balaban J connectivity index is 1.95. The smallest absolute Gasteiger partial charge is 0.227 e. The molecule has 1 N–H and O–H groups in total. The fraction of sp³-hybridized carbons (Fsp3) is 0.812. The van der Waals surface area contributed by atoms with Crippen LogP contribution < -0.4 is 5.32 Å². The summed E-state index contributed by atoms with van der Waals surface area (Å²) in [7, 11) is 1.63. The van der Waals surface area contributed by atoms with Crippen molar-refractivity contribution in [3.05, 3.63) is 11.9 Å². The zero-order valence-electron chi connectivity index (χ0n) is 14.7. The van der Waals surface area contributed by atoms with Crippen LogP contribution in [-0.4, -0.2) is 34.1 Å². The van der Waals surface area contributed by atoms with Crippen molar-refractivity contribution in [3.63, 3.8) is 0 Å². The van der Waals surface area contributed by atoms with Crippen molar-refractivity contribution in [2.45, 2.75) is 60.7 Å². The number of hydrogen-bond donors (Lipinski definition) is 1. The molecule has 2 rings (SSSR count). The van der Waals surface area contributed by atoms with E-state index in [1.165, 1.54) is 0 Å². The summed E-state index contributed by atoms with van der Waals surface area (Å²) in [6.45, 7) is 13.7. The Morgan fingerprint density at radius 3 is 2.41 bits per heavy atom. The highest BCUT2D eigenvalue weighted by molar-refractivity contribution is 5.88. The molecule has 1 aromatic heterocycles. The van der Waals surface area contributed by atoms with Crippen LogP contribution in [0, 0.1) is 16.2 Å². The van der Waals surface area contributed by atoms with Gasteiger partial charge in [0.25, 0.3) is 0 Å². The van der Waals surface area contributed by atoms with Crippen LogP contribution in [0.1, 0.15) is 47.2 Å². The molecule has 22 heavy (non-hydrogen) atoms. The van der Waals surface area contributed by atoms with Crippen LogP contribution >= 0.6 is 0 Å². The fourth-order valence-corrected chi connectivity index (χ4v) is 3.50. The van der Waals surface area contributed by atoms with Crippen molar-refractivity contribution in [1.82, 2.24) is 20.3 Å². The summed E-state index contributed by atoms with van der Waals surface area (Å²) in [4.78, 5) is 12.7. The molecule has 1 amide bonds. The quantitative estimate of drug-likeness (QED) is 0.872. The van der Waals surface area contributed by atoms with Crippen LogP contribution in [0.2, 0.25) is 0 Å². The Bertz CT molecular complexity index is 548. The summed E-state index contributed by atoms with van der Waals surface area (Å²) < 4.78 is 6.76. The van der Waals surface area contributed by atoms with E-state index in [4.69, 9.17) is 4.74 Å². The molecule has 0 radical (unpaired) electrons. The first-order valence-electron chi connectivity index (χ1n) is 7.77. The van der Waals surface area contributed by atoms with Gasteiger partial charge in [0, 0.05) is 13.2 Å². The molecule has 0 unspecified atom stereocenters. The zero-order chi connectivity index (χ0) is 16.8. The predicted octanol–water partition coefficient (Wildman–Crippen LogP) is 2.00. The lowest BCUT2D eigenvalue weighted by molar-refractivity contribution is -0.128. The standard InChI is InChI=1S/C16H28N4O2/c1-11(8-20-9-12(10-22-7)18-19-20)17-13(21)16(6)14(2,3)15(16,4)5/h9,11H,8,10H2,1-7H3,(H,17,21)/t11-/m0/s1. The van der Waals surface area contributed by atoms with Crippen LogP contribution in [-0.2, 0) is 22.7 Å². The number of hydrogen-bond acceptors (Lipinski definition) is 4. The lowest BCUT2D eigenvalue weighted by Gasteiger charge is -2.20. The van der Waals surface area contributed by atoms with E-state index in [1.54, 1.807) is 11.8 Å². The van der Waals surface area contributed by atoms with Crippen LogP contribution in [0.5, 0.6) is 0 Å². The lowest BCUT2D eigenvalue weighted by atomic mass is 9.96. The first-order chi connectivity index (χ1) is 10.1. The molecule has 1 aromatic rings. The fourth-order valence-electron chi connectivity index (χ4n) is 3.50. The van der Waals surface area contributed by atoms with Crippen molar-refractivity contribution in [2.24, 2.45) is 16.2 Å². The summed E-state index contributed by atoms with van der Waals surface area (Å²) in [6.07, 6.45) is 1.85. The van der Waals surface area contributed by atoms with E-state index in [9.17, 15) is 4.79 Å². The molecule has 0 aliphatic heterocycles. The van der Waals surface area contributed by atoms with Crippen molar-refractivity contribution < 1.29 is 9.53 Å². The maximum absolute atomic E-state index is 12.7. The van der Waals surface area contributed by atoms with Gasteiger partial charge in [-0.2, -0.15) is 0 Å². The molecule has 1 heterocycles. The highest BCUT2D eigenvalue weighted by Gasteiger charge is 2.77. The number of nitrogens with one attached hydrogen (secondary N) is 1. The van der Waals surface area contributed by atoms with E-state index in [0.717, 1.165) is 5.69 Å². The molecule has 1 aliphatic carbocycles. The Hall–Kier alpha value is -1.43. The van der Waals surface area contributed by atoms with Gasteiger partial charge in [-0.1, -0.05) is 32.9 Å². The third-order valence-electron chi connectivity index (χ3n) is 6.17. The molecule has 124 valence electrons. The highest BCUT2D eigenvalue weighted by atomic mass is 16.5. The molecule has 1 atom stereocenters. The summed E-state index contributed by atoms with van der Waals surface area (Å²) >= 11 is 0. The summed E-state index contributed by atoms with van der Waals surface area (Å²) in [5, 5.41) is 11.2. The van der Waals surface area contributed by atoms with E-state index < -0.39 is 0 Å². The second-order valence-electron chi connectivity index (χ2n) is 7.61. The molecule has 0 saturated heterocycles. The molecule has 1 saturated carbocycles. The maximum atomic E-state index is 12.7. The molecule has 6 heteroatoms. The number of rotatable bonds is 6. The van der Waals surface area contributed by atoms with Gasteiger partial charge in [-0.3, -0.25) is 9.48 Å². The normalized spacial score (nSPS) is 22.1. The van der Waals surface area contributed by atoms with E-state index in [0.29, 0.717) is 13.2 Å². The minimum atomic E-state index is -0.335.